The number of ketones is 5. The number of dihydropyridines is 5. The smallest absolute Gasteiger partial charge is 0.423 e. The third kappa shape index (κ3) is 37.3. The minimum atomic E-state index is -1.51. The van der Waals surface area contributed by atoms with Crippen molar-refractivity contribution in [3.63, 3.8) is 0 Å². The Bertz CT molecular complexity index is 5210. The summed E-state index contributed by atoms with van der Waals surface area (Å²) in [5.74, 6) is -0.638. The van der Waals surface area contributed by atoms with E-state index in [0.717, 1.165) is 67.1 Å². The lowest BCUT2D eigenvalue weighted by Crippen LogP contribution is -2.29. The molecule has 14 rings (SSSR count). The number of aromatic nitrogens is 2. The second kappa shape index (κ2) is 57.9. The van der Waals surface area contributed by atoms with Crippen molar-refractivity contribution < 1.29 is 62.9 Å². The summed E-state index contributed by atoms with van der Waals surface area (Å²) in [6, 6.07) is 57.7. The lowest BCUT2D eigenvalue weighted by Gasteiger charge is -2.15. The van der Waals surface area contributed by atoms with Gasteiger partial charge in [0.2, 0.25) is 0 Å². The number of carbonyl (C=O) groups excluding carboxylic acids is 5. The Labute approximate surface area is 807 Å². The van der Waals surface area contributed by atoms with Crippen LogP contribution in [0, 0.1) is 11.6 Å². The predicted octanol–water partition coefficient (Wildman–Crippen LogP) is 17.9. The summed E-state index contributed by atoms with van der Waals surface area (Å²) >= 11 is 38.8. The minimum Gasteiger partial charge on any atom is -0.423 e. The molecule has 8 aromatic carbocycles. The van der Waals surface area contributed by atoms with E-state index < -0.39 is 21.4 Å². The Morgan fingerprint density at radius 2 is 0.574 bits per heavy atom. The van der Waals surface area contributed by atoms with Crippen LogP contribution in [0.25, 0.3) is 22.3 Å². The summed E-state index contributed by atoms with van der Waals surface area (Å²) < 4.78 is 31.4. The fourth-order valence-electron chi connectivity index (χ4n) is 9.43. The minimum absolute atomic E-state index is 0.0179. The molecule has 39 heteroatoms. The highest BCUT2D eigenvalue weighted by Crippen LogP contribution is 2.32. The highest BCUT2D eigenvalue weighted by atomic mass is 79.9. The molecule has 9 aromatic rings. The highest BCUT2D eigenvalue weighted by molar-refractivity contribution is 9.15. The molecule has 0 fully saturated rings. The molecule has 0 amide bonds. The SMILES string of the molecule is CSc1ccc(B(O)O)cc1.CSc1ccc(B(O)O)cc1.CSc1ccc(Br)cc1.CSc1ccc(C2=C(Br)C(=O)CN=C2)cc1.CSc1ccc(C2=C(Br)C(=O)CN=C2)cc1.CSc1ccc(C2=C(c3ccc(F)cc3)C(=O)CN=C2)cc1.O=C1CN=CC(Br)=C1Br.O=C1CN=CC(Br)=C1Br.O=c1[nH]ncc(Br)c1Br.OB(O)c1ccc(F)cc1. The van der Waals surface area contributed by atoms with Crippen LogP contribution in [0.15, 0.2) is 300 Å². The number of rotatable bonds is 13. The lowest BCUT2D eigenvalue weighted by atomic mass is 9.80. The van der Waals surface area contributed by atoms with Gasteiger partial charge in [0.1, 0.15) is 44.4 Å². The topological polar surface area (TPSA) is 314 Å². The van der Waals surface area contributed by atoms with Gasteiger partial charge in [0.05, 0.1) is 42.0 Å². The Balaban J connectivity index is 0.000000245. The maximum Gasteiger partial charge on any atom is 0.488 e. The van der Waals surface area contributed by atoms with E-state index >= 15 is 0 Å². The molecular formula is C83H73B3Br9F2N7O12S6. The second-order valence-corrected chi connectivity index (χ2v) is 36.7. The first-order valence-corrected chi connectivity index (χ1v) is 49.6. The summed E-state index contributed by atoms with van der Waals surface area (Å²) in [7, 11) is -4.22. The van der Waals surface area contributed by atoms with E-state index in [2.05, 4.69) is 197 Å². The molecule has 7 N–H and O–H groups in total. The quantitative estimate of drug-likeness (QED) is 0.0417. The maximum atomic E-state index is 13.1. The maximum absolute atomic E-state index is 13.1. The fraction of sp³-hybridized carbons (Fsp3) is 0.133. The molecule has 634 valence electrons. The van der Waals surface area contributed by atoms with E-state index in [1.807, 2.05) is 140 Å². The van der Waals surface area contributed by atoms with Crippen LogP contribution in [0.1, 0.15) is 22.3 Å². The van der Waals surface area contributed by atoms with E-state index in [1.54, 1.807) is 138 Å². The van der Waals surface area contributed by atoms with Crippen LogP contribution in [-0.2, 0) is 24.0 Å². The number of aromatic amines is 1. The molecular weight excluding hydrogens is 2270 g/mol. The Morgan fingerprint density at radius 3 is 0.861 bits per heavy atom. The molecule has 0 aliphatic carbocycles. The average Bonchev–Trinajstić information content (AvgIpc) is 0.767. The van der Waals surface area contributed by atoms with Crippen LogP contribution < -0.4 is 21.9 Å². The van der Waals surface area contributed by atoms with Gasteiger partial charge in [-0.05, 0) is 313 Å². The summed E-state index contributed by atoms with van der Waals surface area (Å²) in [5, 5.41) is 57.8. The number of benzene rings is 8. The number of halogens is 11. The van der Waals surface area contributed by atoms with Crippen molar-refractivity contribution in [2.24, 2.45) is 25.0 Å². The van der Waals surface area contributed by atoms with E-state index in [4.69, 9.17) is 30.1 Å². The number of Topliss-reactive ketones (excluding diaryl/α,β-unsaturated/α-hetero) is 5. The average molecular weight is 2340 g/mol. The lowest BCUT2D eigenvalue weighted by molar-refractivity contribution is -0.114. The van der Waals surface area contributed by atoms with Crippen molar-refractivity contribution in [3.05, 3.63) is 285 Å². The molecule has 6 heterocycles. The van der Waals surface area contributed by atoms with Crippen LogP contribution in [0.2, 0.25) is 0 Å². The van der Waals surface area contributed by atoms with Gasteiger partial charge in [-0.3, -0.25) is 53.7 Å². The van der Waals surface area contributed by atoms with Gasteiger partial charge in [-0.25, -0.2) is 13.9 Å². The monoisotopic (exact) mass is 2330 g/mol. The first kappa shape index (κ1) is 107. The summed E-state index contributed by atoms with van der Waals surface area (Å²) in [4.78, 5) is 94.3. The number of H-pyrrole nitrogens is 1. The summed E-state index contributed by atoms with van der Waals surface area (Å²) in [5.41, 5.74) is 7.94. The molecule has 0 radical (unpaired) electrons. The number of nitrogens with one attached hydrogen (secondary N) is 1. The van der Waals surface area contributed by atoms with E-state index in [-0.39, 0.29) is 78.8 Å². The largest absolute Gasteiger partial charge is 0.488 e. The first-order valence-electron chi connectivity index (χ1n) is 35.1. The molecule has 122 heavy (non-hydrogen) atoms. The molecule has 0 spiro atoms. The van der Waals surface area contributed by atoms with Crippen molar-refractivity contribution in [1.29, 1.82) is 0 Å². The first-order chi connectivity index (χ1) is 58.3. The number of allylic oxidation sites excluding steroid dienone is 5. The van der Waals surface area contributed by atoms with Crippen molar-refractivity contribution in [2.45, 2.75) is 29.4 Å². The number of nitrogens with zero attached hydrogens (tertiary/aromatic N) is 6. The number of thioether (sulfide) groups is 6. The molecule has 19 nitrogen and oxygen atoms in total. The molecule has 0 saturated heterocycles. The zero-order chi connectivity index (χ0) is 90.0. The summed E-state index contributed by atoms with van der Waals surface area (Å²) in [6.45, 7) is 1.14. The number of hydrogen-bond acceptors (Lipinski definition) is 24. The second-order valence-electron chi connectivity index (χ2n) is 24.0. The van der Waals surface area contributed by atoms with Crippen LogP contribution in [-0.4, -0.2) is 192 Å². The molecule has 1 aromatic heterocycles. The molecule has 0 unspecified atom stereocenters. The summed E-state index contributed by atoms with van der Waals surface area (Å²) in [6.07, 6.45) is 22.1. The van der Waals surface area contributed by atoms with Gasteiger partial charge in [-0.2, -0.15) is 5.10 Å². The van der Waals surface area contributed by atoms with Gasteiger partial charge >= 0.3 is 21.4 Å². The molecule has 0 atom stereocenters. The van der Waals surface area contributed by atoms with E-state index in [1.165, 1.54) is 57.3 Å². The third-order valence-corrected chi connectivity index (χ3v) is 28.5. The molecule has 0 bridgehead atoms. The number of aliphatic imine (C=N–C) groups is 5. The van der Waals surface area contributed by atoms with Gasteiger partial charge in [-0.15, -0.1) is 70.6 Å². The molecule has 5 aliphatic heterocycles. The Kier molecular flexibility index (Phi) is 50.7. The number of carbonyl (C=O) groups is 5. The van der Waals surface area contributed by atoms with Crippen molar-refractivity contribution in [3.8, 4) is 0 Å². The van der Waals surface area contributed by atoms with Gasteiger partial charge in [0, 0.05) is 87.2 Å². The molecule has 5 aliphatic rings. The van der Waals surface area contributed by atoms with Gasteiger partial charge in [-0.1, -0.05) is 101 Å². The zero-order valence-corrected chi connectivity index (χ0v) is 84.3. The van der Waals surface area contributed by atoms with Gasteiger partial charge < -0.3 is 30.1 Å². The zero-order valence-electron chi connectivity index (χ0n) is 65.1. The van der Waals surface area contributed by atoms with Crippen LogP contribution in [0.3, 0.4) is 0 Å². The third-order valence-electron chi connectivity index (χ3n) is 15.8. The standard InChI is InChI=1S/C18H14FNOS.2C12H10BrNOS.2C7H9BO2S.C7H7BrS.C6H6BFO2.2C5H3Br2NO.C4H2Br2N2O/c1-22-15-8-4-12(5-9-15)16-10-20-11-17(21)18(16)13-2-6-14(19)7-3-13;2*1-16-9-4-2-8(3-5-9)10-6-14-7-11(15)12(10)13;2*1-11-7-4-2-6(3-5-7)8(9)10;1-9-7-4-2-6(8)3-5-7;8-6-3-1-5(2-4-6)7(9)10;2*6-3-1-8-2-4(9)5(3)7;5-2-1-7-8-4(9)3(2)6/h2-10H,11H2,1H3;2*2-6H,7H2,1H3;2*2-5,9-10H,1H3;2-5H,1H3;1-4,9-10H;2*1H,2H2;1H,(H,8,9). The van der Waals surface area contributed by atoms with Crippen LogP contribution in [0.5, 0.6) is 0 Å². The van der Waals surface area contributed by atoms with Gasteiger partial charge in [0.15, 0.2) is 28.9 Å². The fourth-order valence-corrected chi connectivity index (χ4v) is 14.7. The Morgan fingerprint density at radius 1 is 0.320 bits per heavy atom. The Hall–Kier alpha value is -5.73. The van der Waals surface area contributed by atoms with Crippen LogP contribution >= 0.6 is 214 Å². The normalized spacial score (nSPS) is 13.5. The highest BCUT2D eigenvalue weighted by Gasteiger charge is 2.23. The molecule has 0 saturated carbocycles. The number of hydrogen-bond donors (Lipinski definition) is 7. The van der Waals surface area contributed by atoms with E-state index in [0.29, 0.717) is 48.8 Å². The van der Waals surface area contributed by atoms with Crippen LogP contribution in [0.4, 0.5) is 8.78 Å². The van der Waals surface area contributed by atoms with Crippen molar-refractivity contribution in [1.82, 2.24) is 10.2 Å². The van der Waals surface area contributed by atoms with Gasteiger partial charge in [0.25, 0.3) is 5.56 Å². The van der Waals surface area contributed by atoms with E-state index in [9.17, 15) is 37.5 Å². The van der Waals surface area contributed by atoms with Crippen molar-refractivity contribution >= 4 is 334 Å². The van der Waals surface area contributed by atoms with Crippen molar-refractivity contribution in [2.75, 3.05) is 70.3 Å². The predicted molar refractivity (Wildman–Crippen MR) is 540 cm³/mol.